The van der Waals surface area contributed by atoms with E-state index in [9.17, 15) is 28.4 Å². The molecule has 2 aromatic carbocycles. The summed E-state index contributed by atoms with van der Waals surface area (Å²) in [6, 6.07) is 13.9. The SMILES string of the molecule is O=C(NS(=O)(=O)c1ccc(NCC2CC(O)(C3CCC3)C2)c([N+](=O)[O-])c1)c1ccccc1N1CCCOc2nc3[nH]ccc3cc21. The van der Waals surface area contributed by atoms with Gasteiger partial charge in [0, 0.05) is 30.7 Å². The minimum atomic E-state index is -4.49. The largest absolute Gasteiger partial charge is 0.476 e. The van der Waals surface area contributed by atoms with Crippen molar-refractivity contribution in [1.82, 2.24) is 14.7 Å². The molecule has 46 heavy (non-hydrogen) atoms. The summed E-state index contributed by atoms with van der Waals surface area (Å²) in [4.78, 5) is 34.0. The number of nitrogens with one attached hydrogen (secondary N) is 3. The highest BCUT2D eigenvalue weighted by molar-refractivity contribution is 7.90. The zero-order valence-corrected chi connectivity index (χ0v) is 25.8. The lowest BCUT2D eigenvalue weighted by Gasteiger charge is -2.52. The zero-order chi connectivity index (χ0) is 32.1. The average Bonchev–Trinajstić information content (AvgIpc) is 3.35. The van der Waals surface area contributed by atoms with Gasteiger partial charge in [-0.25, -0.2) is 13.1 Å². The highest BCUT2D eigenvalue weighted by Gasteiger charge is 2.49. The van der Waals surface area contributed by atoms with Crippen molar-refractivity contribution in [3.05, 3.63) is 76.5 Å². The summed E-state index contributed by atoms with van der Waals surface area (Å²) in [6.45, 7) is 1.33. The van der Waals surface area contributed by atoms with E-state index in [2.05, 4.69) is 20.0 Å². The Morgan fingerprint density at radius 1 is 1.13 bits per heavy atom. The molecule has 13 nitrogen and oxygen atoms in total. The van der Waals surface area contributed by atoms with Crippen LogP contribution in [0.4, 0.5) is 22.7 Å². The fraction of sp³-hybridized carbons (Fsp3) is 0.375. The van der Waals surface area contributed by atoms with Crippen molar-refractivity contribution in [2.75, 3.05) is 29.9 Å². The van der Waals surface area contributed by atoms with E-state index in [0.717, 1.165) is 30.7 Å². The fourth-order valence-corrected chi connectivity index (χ4v) is 7.74. The number of ether oxygens (including phenoxy) is 1. The number of benzene rings is 2. The summed E-state index contributed by atoms with van der Waals surface area (Å²) in [5.41, 5.74) is 0.975. The summed E-state index contributed by atoms with van der Waals surface area (Å²) in [5.74, 6) is 0.0153. The van der Waals surface area contributed by atoms with Gasteiger partial charge in [0.15, 0.2) is 0 Å². The van der Waals surface area contributed by atoms with E-state index < -0.39 is 37.0 Å². The number of anilines is 3. The lowest BCUT2D eigenvalue weighted by Crippen LogP contribution is -2.53. The average molecular weight is 647 g/mol. The van der Waals surface area contributed by atoms with Crippen LogP contribution in [-0.4, -0.2) is 59.6 Å². The number of aliphatic hydroxyl groups is 1. The molecule has 14 heteroatoms. The number of nitro groups is 1. The molecule has 0 radical (unpaired) electrons. The number of pyridine rings is 1. The van der Waals surface area contributed by atoms with Crippen LogP contribution < -0.4 is 19.7 Å². The first-order chi connectivity index (χ1) is 22.1. The number of rotatable bonds is 9. The maximum Gasteiger partial charge on any atom is 0.293 e. The Bertz CT molecular complexity index is 1930. The van der Waals surface area contributed by atoms with Gasteiger partial charge in [0.25, 0.3) is 21.6 Å². The first-order valence-electron chi connectivity index (χ1n) is 15.4. The number of hydrogen-bond donors (Lipinski definition) is 4. The standard InChI is InChI=1S/C32H34N6O7S/c39-30(24-7-1-2-8-26(24)37-13-4-14-45-31-28(37)15-21-11-12-33-29(21)35-31)36-46(43,44)23-9-10-25(27(16-23)38(41)42)34-19-20-17-32(40,18-20)22-5-3-6-22/h1-2,7-12,15-16,20,22,34,40H,3-6,13-14,17-19H2,(H,33,35)(H,36,39). The molecular formula is C32H34N6O7S. The molecule has 0 unspecified atom stereocenters. The van der Waals surface area contributed by atoms with Gasteiger partial charge in [-0.3, -0.25) is 14.9 Å². The zero-order valence-electron chi connectivity index (χ0n) is 24.9. The number of para-hydroxylation sites is 1. The number of H-pyrrole nitrogens is 1. The molecule has 1 amide bonds. The molecule has 0 spiro atoms. The Morgan fingerprint density at radius 2 is 1.93 bits per heavy atom. The third kappa shape index (κ3) is 5.51. The lowest BCUT2D eigenvalue weighted by molar-refractivity contribution is -0.384. The van der Waals surface area contributed by atoms with Gasteiger partial charge in [0.1, 0.15) is 17.0 Å². The topological polar surface area (TPSA) is 180 Å². The molecule has 0 bridgehead atoms. The van der Waals surface area contributed by atoms with E-state index in [-0.39, 0.29) is 17.2 Å². The number of sulfonamides is 1. The fourth-order valence-electron chi connectivity index (χ4n) is 6.75. The molecule has 2 fully saturated rings. The highest BCUT2D eigenvalue weighted by Crippen LogP contribution is 2.50. The number of hydrogen-bond acceptors (Lipinski definition) is 10. The van der Waals surface area contributed by atoms with Gasteiger partial charge in [-0.15, -0.1) is 0 Å². The quantitative estimate of drug-likeness (QED) is 0.145. The molecular weight excluding hydrogens is 612 g/mol. The van der Waals surface area contributed by atoms with Crippen LogP contribution in [0.2, 0.25) is 0 Å². The first kappa shape index (κ1) is 30.0. The van der Waals surface area contributed by atoms with Crippen molar-refractivity contribution in [3.8, 4) is 5.88 Å². The number of fused-ring (bicyclic) bond motifs is 2. The number of amides is 1. The van der Waals surface area contributed by atoms with E-state index in [4.69, 9.17) is 4.74 Å². The number of nitro benzene ring substituents is 1. The predicted octanol–water partition coefficient (Wildman–Crippen LogP) is 4.86. The number of carbonyl (C=O) groups is 1. The Labute approximate surface area is 265 Å². The molecule has 3 aliphatic rings. The molecule has 4 N–H and O–H groups in total. The van der Waals surface area contributed by atoms with Crippen LogP contribution in [0.15, 0.2) is 65.7 Å². The lowest BCUT2D eigenvalue weighted by atomic mass is 9.59. The van der Waals surface area contributed by atoms with Gasteiger partial charge >= 0.3 is 0 Å². The predicted molar refractivity (Wildman–Crippen MR) is 171 cm³/mol. The molecule has 7 rings (SSSR count). The summed E-state index contributed by atoms with van der Waals surface area (Å²) < 4.78 is 34.8. The molecule has 0 atom stereocenters. The maximum absolute atomic E-state index is 13.6. The molecule has 2 saturated carbocycles. The molecule has 0 saturated heterocycles. The molecule has 4 aromatic rings. The summed E-state index contributed by atoms with van der Waals surface area (Å²) in [7, 11) is -4.49. The molecule has 2 aromatic heterocycles. The Kier molecular flexibility index (Phi) is 7.56. The van der Waals surface area contributed by atoms with Crippen LogP contribution in [-0.2, 0) is 10.0 Å². The molecule has 240 valence electrons. The normalized spacial score (nSPS) is 21.3. The van der Waals surface area contributed by atoms with E-state index >= 15 is 0 Å². The van der Waals surface area contributed by atoms with E-state index in [0.29, 0.717) is 67.8 Å². The second kappa shape index (κ2) is 11.6. The third-order valence-electron chi connectivity index (χ3n) is 9.41. The minimum Gasteiger partial charge on any atom is -0.476 e. The second-order valence-corrected chi connectivity index (χ2v) is 14.0. The van der Waals surface area contributed by atoms with Crippen molar-refractivity contribution >= 4 is 49.7 Å². The van der Waals surface area contributed by atoms with E-state index in [1.165, 1.54) is 18.2 Å². The monoisotopic (exact) mass is 646 g/mol. The maximum atomic E-state index is 13.6. The number of aromatic amines is 1. The minimum absolute atomic E-state index is 0.100. The molecule has 2 aliphatic carbocycles. The first-order valence-corrected chi connectivity index (χ1v) is 16.9. The van der Waals surface area contributed by atoms with Crippen LogP contribution in [0, 0.1) is 22.0 Å². The Balaban J connectivity index is 1.10. The van der Waals surface area contributed by atoms with Crippen molar-refractivity contribution in [1.29, 1.82) is 0 Å². The highest BCUT2D eigenvalue weighted by atomic mass is 32.2. The summed E-state index contributed by atoms with van der Waals surface area (Å²) in [6.07, 6.45) is 6.90. The van der Waals surface area contributed by atoms with Gasteiger partial charge in [-0.1, -0.05) is 18.6 Å². The van der Waals surface area contributed by atoms with Gasteiger partial charge in [-0.05, 0) is 80.3 Å². The van der Waals surface area contributed by atoms with Gasteiger partial charge < -0.3 is 25.0 Å². The van der Waals surface area contributed by atoms with Crippen molar-refractivity contribution in [2.45, 2.75) is 49.0 Å². The number of carbonyl (C=O) groups excluding carboxylic acids is 1. The van der Waals surface area contributed by atoms with Crippen LogP contribution in [0.3, 0.4) is 0 Å². The Morgan fingerprint density at radius 3 is 2.70 bits per heavy atom. The van der Waals surface area contributed by atoms with E-state index in [1.54, 1.807) is 24.4 Å². The third-order valence-corrected chi connectivity index (χ3v) is 10.7. The van der Waals surface area contributed by atoms with Crippen molar-refractivity contribution < 1.29 is 28.0 Å². The Hall–Kier alpha value is -4.69. The smallest absolute Gasteiger partial charge is 0.293 e. The van der Waals surface area contributed by atoms with Gasteiger partial charge in [-0.2, -0.15) is 4.98 Å². The molecule has 3 heterocycles. The van der Waals surface area contributed by atoms with Gasteiger partial charge in [0.2, 0.25) is 5.88 Å². The summed E-state index contributed by atoms with van der Waals surface area (Å²) >= 11 is 0. The van der Waals surface area contributed by atoms with Gasteiger partial charge in [0.05, 0.1) is 33.3 Å². The summed E-state index contributed by atoms with van der Waals surface area (Å²) in [5, 5.41) is 26.6. The van der Waals surface area contributed by atoms with Crippen molar-refractivity contribution in [2.24, 2.45) is 11.8 Å². The molecule has 1 aliphatic heterocycles. The van der Waals surface area contributed by atoms with Crippen LogP contribution in [0.5, 0.6) is 5.88 Å². The number of aromatic nitrogens is 2. The number of nitrogens with zero attached hydrogens (tertiary/aromatic N) is 3. The van der Waals surface area contributed by atoms with Crippen LogP contribution in [0.25, 0.3) is 11.0 Å². The second-order valence-electron chi connectivity index (χ2n) is 12.4. The van der Waals surface area contributed by atoms with E-state index in [1.807, 2.05) is 17.0 Å². The van der Waals surface area contributed by atoms with Crippen LogP contribution in [0.1, 0.15) is 48.9 Å². The van der Waals surface area contributed by atoms with Crippen LogP contribution >= 0.6 is 0 Å². The van der Waals surface area contributed by atoms with Crippen molar-refractivity contribution in [3.63, 3.8) is 0 Å².